The van der Waals surface area contributed by atoms with Gasteiger partial charge in [0.15, 0.2) is 11.5 Å². The second kappa shape index (κ2) is 11.5. The third kappa shape index (κ3) is 5.50. The van der Waals surface area contributed by atoms with Crippen molar-refractivity contribution < 1.29 is 23.8 Å². The second-order valence-corrected chi connectivity index (χ2v) is 10.4. The smallest absolute Gasteiger partial charge is 0.338 e. The number of carbonyl (C=O) groups is 1. The maximum Gasteiger partial charge on any atom is 0.338 e. The number of aromatic nitrogens is 3. The molecule has 1 unspecified atom stereocenters. The van der Waals surface area contributed by atoms with Crippen molar-refractivity contribution in [3.8, 4) is 11.5 Å². The van der Waals surface area contributed by atoms with Crippen LogP contribution in [0.1, 0.15) is 63.1 Å². The average Bonchev–Trinajstić information content (AvgIpc) is 3.31. The molecular formula is C28H31FN4O4S. The number of allylic oxidation sites excluding steroid dienone is 1. The topological polar surface area (TPSA) is 98.5 Å². The van der Waals surface area contributed by atoms with Gasteiger partial charge in [-0.2, -0.15) is 4.98 Å². The minimum Gasteiger partial charge on any atom is -0.504 e. The Labute approximate surface area is 225 Å². The number of carbonyl (C=O) groups excluding carboxylic acids is 1. The summed E-state index contributed by atoms with van der Waals surface area (Å²) in [5.74, 6) is 0.465. The van der Waals surface area contributed by atoms with E-state index in [0.717, 1.165) is 32.1 Å². The van der Waals surface area contributed by atoms with Crippen LogP contribution in [0.3, 0.4) is 0 Å². The number of rotatable bonds is 8. The van der Waals surface area contributed by atoms with Gasteiger partial charge in [-0.25, -0.2) is 13.9 Å². The molecule has 1 saturated carbocycles. The molecule has 200 valence electrons. The monoisotopic (exact) mass is 538 g/mol. The SMILES string of the molecule is CCOc1cc(C2C(C(=O)OC3CCCCC3)=C(C)Nc3nc(SCc4ccccc4F)nn32)ccc1O. The number of anilines is 1. The number of hydrogen-bond donors (Lipinski definition) is 2. The number of phenolic OH excluding ortho intramolecular Hbond substituents is 1. The number of hydrogen-bond acceptors (Lipinski definition) is 8. The van der Waals surface area contributed by atoms with Crippen molar-refractivity contribution in [1.82, 2.24) is 14.8 Å². The maximum absolute atomic E-state index is 14.2. The molecule has 3 aromatic rings. The van der Waals surface area contributed by atoms with Crippen LogP contribution < -0.4 is 10.1 Å². The van der Waals surface area contributed by atoms with E-state index >= 15 is 0 Å². The highest BCUT2D eigenvalue weighted by Gasteiger charge is 2.36. The fourth-order valence-corrected chi connectivity index (χ4v) is 5.71. The number of nitrogens with zero attached hydrogens (tertiary/aromatic N) is 3. The molecule has 0 spiro atoms. The van der Waals surface area contributed by atoms with Crippen LogP contribution in [0, 0.1) is 5.82 Å². The summed E-state index contributed by atoms with van der Waals surface area (Å²) < 4.78 is 27.4. The molecule has 5 rings (SSSR count). The van der Waals surface area contributed by atoms with Gasteiger partial charge in [0, 0.05) is 11.4 Å². The summed E-state index contributed by atoms with van der Waals surface area (Å²) in [5, 5.41) is 18.7. The first-order chi connectivity index (χ1) is 18.4. The number of ether oxygens (including phenoxy) is 2. The average molecular weight is 539 g/mol. The normalized spacial score (nSPS) is 17.6. The standard InChI is InChI=1S/C28H31FN4O4S/c1-3-36-23-15-18(13-14-22(23)34)25-24(26(35)37-20-10-5-4-6-11-20)17(2)30-27-31-28(32-33(25)27)38-16-19-9-7-8-12-21(19)29/h7-9,12-15,20,25,34H,3-6,10-11,16H2,1-2H3,(H,30,31,32). The minimum atomic E-state index is -0.655. The van der Waals surface area contributed by atoms with E-state index < -0.39 is 12.0 Å². The first-order valence-electron chi connectivity index (χ1n) is 12.9. The first-order valence-corrected chi connectivity index (χ1v) is 13.9. The Morgan fingerprint density at radius 2 is 2.00 bits per heavy atom. The molecule has 0 saturated heterocycles. The number of esters is 1. The molecule has 2 aromatic carbocycles. The first kappa shape index (κ1) is 26.1. The molecule has 0 bridgehead atoms. The van der Waals surface area contributed by atoms with Gasteiger partial charge in [-0.15, -0.1) is 5.10 Å². The van der Waals surface area contributed by atoms with E-state index in [9.17, 15) is 14.3 Å². The third-order valence-electron chi connectivity index (χ3n) is 6.79. The summed E-state index contributed by atoms with van der Waals surface area (Å²) in [7, 11) is 0. The highest BCUT2D eigenvalue weighted by Crippen LogP contribution is 2.40. The van der Waals surface area contributed by atoms with Crippen LogP contribution in [-0.2, 0) is 15.3 Å². The van der Waals surface area contributed by atoms with Crippen LogP contribution in [0.15, 0.2) is 58.9 Å². The lowest BCUT2D eigenvalue weighted by Crippen LogP contribution is -2.32. The van der Waals surface area contributed by atoms with Crippen LogP contribution in [0.25, 0.3) is 0 Å². The largest absolute Gasteiger partial charge is 0.504 e. The summed E-state index contributed by atoms with van der Waals surface area (Å²) in [6.45, 7) is 4.03. The fourth-order valence-electron chi connectivity index (χ4n) is 4.89. The van der Waals surface area contributed by atoms with E-state index in [4.69, 9.17) is 14.6 Å². The summed E-state index contributed by atoms with van der Waals surface area (Å²) in [5.41, 5.74) is 2.29. The Balaban J connectivity index is 1.50. The molecule has 1 atom stereocenters. The number of nitrogens with one attached hydrogen (secondary N) is 1. The van der Waals surface area contributed by atoms with E-state index in [1.165, 1.54) is 17.8 Å². The van der Waals surface area contributed by atoms with Gasteiger partial charge in [-0.1, -0.05) is 42.4 Å². The van der Waals surface area contributed by atoms with Crippen LogP contribution in [0.2, 0.25) is 0 Å². The van der Waals surface area contributed by atoms with Gasteiger partial charge in [0.25, 0.3) is 0 Å². The number of thioether (sulfide) groups is 1. The third-order valence-corrected chi connectivity index (χ3v) is 7.68. The van der Waals surface area contributed by atoms with Crippen molar-refractivity contribution in [2.45, 2.75) is 69.0 Å². The van der Waals surface area contributed by atoms with Crippen molar-refractivity contribution in [2.75, 3.05) is 11.9 Å². The summed E-state index contributed by atoms with van der Waals surface area (Å²) in [6, 6.07) is 11.0. The molecule has 2 aliphatic rings. The number of fused-ring (bicyclic) bond motifs is 1. The lowest BCUT2D eigenvalue weighted by molar-refractivity contribution is -0.146. The number of aromatic hydroxyl groups is 1. The van der Waals surface area contributed by atoms with Gasteiger partial charge >= 0.3 is 5.97 Å². The number of halogens is 1. The fraction of sp³-hybridized carbons (Fsp3) is 0.393. The highest BCUT2D eigenvalue weighted by atomic mass is 32.2. The molecule has 2 N–H and O–H groups in total. The Bertz CT molecular complexity index is 1350. The molecule has 0 radical (unpaired) electrons. The van der Waals surface area contributed by atoms with Crippen molar-refractivity contribution in [1.29, 1.82) is 0 Å². The maximum atomic E-state index is 14.2. The van der Waals surface area contributed by atoms with Gasteiger partial charge < -0.3 is 19.9 Å². The van der Waals surface area contributed by atoms with Crippen LogP contribution in [0.4, 0.5) is 10.3 Å². The zero-order chi connectivity index (χ0) is 26.6. The molecule has 1 aromatic heterocycles. The van der Waals surface area contributed by atoms with E-state index in [-0.39, 0.29) is 17.7 Å². The van der Waals surface area contributed by atoms with Gasteiger partial charge in [0.1, 0.15) is 18.0 Å². The zero-order valence-corrected chi connectivity index (χ0v) is 22.3. The summed E-state index contributed by atoms with van der Waals surface area (Å²) in [4.78, 5) is 18.2. The second-order valence-electron chi connectivity index (χ2n) is 9.43. The minimum absolute atomic E-state index is 0.0107. The van der Waals surface area contributed by atoms with Gasteiger partial charge in [0.2, 0.25) is 11.1 Å². The Hall–Kier alpha value is -3.53. The summed E-state index contributed by atoms with van der Waals surface area (Å²) >= 11 is 1.31. The van der Waals surface area contributed by atoms with Crippen molar-refractivity contribution >= 4 is 23.7 Å². The van der Waals surface area contributed by atoms with Crippen LogP contribution >= 0.6 is 11.8 Å². The van der Waals surface area contributed by atoms with Gasteiger partial charge in [0.05, 0.1) is 12.2 Å². The molecule has 38 heavy (non-hydrogen) atoms. The van der Waals surface area contributed by atoms with E-state index in [1.807, 2.05) is 13.8 Å². The van der Waals surface area contributed by atoms with Crippen LogP contribution in [-0.4, -0.2) is 38.6 Å². The molecule has 1 aliphatic carbocycles. The Morgan fingerprint density at radius 3 is 2.76 bits per heavy atom. The predicted octanol–water partition coefficient (Wildman–Crippen LogP) is 5.98. The lowest BCUT2D eigenvalue weighted by Gasteiger charge is -2.30. The van der Waals surface area contributed by atoms with Gasteiger partial charge in [-0.05, 0) is 68.9 Å². The molecule has 8 nitrogen and oxygen atoms in total. The van der Waals surface area contributed by atoms with E-state index in [2.05, 4.69) is 10.3 Å². The van der Waals surface area contributed by atoms with Crippen molar-refractivity contribution in [3.05, 3.63) is 70.7 Å². The quantitative estimate of drug-likeness (QED) is 0.267. The molecule has 10 heteroatoms. The predicted molar refractivity (Wildman–Crippen MR) is 143 cm³/mol. The van der Waals surface area contributed by atoms with E-state index in [0.29, 0.717) is 51.6 Å². The van der Waals surface area contributed by atoms with E-state index in [1.54, 1.807) is 41.1 Å². The lowest BCUT2D eigenvalue weighted by atomic mass is 9.94. The Kier molecular flexibility index (Phi) is 7.87. The zero-order valence-electron chi connectivity index (χ0n) is 21.4. The molecule has 1 fully saturated rings. The number of benzene rings is 2. The van der Waals surface area contributed by atoms with Crippen molar-refractivity contribution in [2.24, 2.45) is 0 Å². The van der Waals surface area contributed by atoms with Gasteiger partial charge in [-0.3, -0.25) is 0 Å². The summed E-state index contributed by atoms with van der Waals surface area (Å²) in [6.07, 6.45) is 4.85. The molecule has 0 amide bonds. The highest BCUT2D eigenvalue weighted by molar-refractivity contribution is 7.98. The van der Waals surface area contributed by atoms with Crippen LogP contribution in [0.5, 0.6) is 11.5 Å². The Morgan fingerprint density at radius 1 is 1.21 bits per heavy atom. The number of phenols is 1. The molecule has 1 aliphatic heterocycles. The van der Waals surface area contributed by atoms with Crippen molar-refractivity contribution in [3.63, 3.8) is 0 Å². The molecular weight excluding hydrogens is 507 g/mol. The molecule has 2 heterocycles.